The van der Waals surface area contributed by atoms with Gasteiger partial charge in [0.15, 0.2) is 15.3 Å². The van der Waals surface area contributed by atoms with Gasteiger partial charge in [-0.05, 0) is 55.0 Å². The number of aryl methyl sites for hydroxylation is 1. The van der Waals surface area contributed by atoms with Gasteiger partial charge in [0.1, 0.15) is 0 Å². The van der Waals surface area contributed by atoms with Gasteiger partial charge in [0, 0.05) is 27.6 Å². The minimum absolute atomic E-state index is 0.140. The molecule has 0 bridgehead atoms. The van der Waals surface area contributed by atoms with Crippen LogP contribution in [0.2, 0.25) is 5.02 Å². The number of halogens is 1. The van der Waals surface area contributed by atoms with Crippen LogP contribution in [0.5, 0.6) is 0 Å². The number of benzene rings is 4. The second kappa shape index (κ2) is 13.6. The Morgan fingerprint density at radius 1 is 0.818 bits per heavy atom. The normalized spacial score (nSPS) is 11.0. The zero-order chi connectivity index (χ0) is 30.5. The molecule has 0 saturated heterocycles. The molecule has 0 atom stereocenters. The summed E-state index contributed by atoms with van der Waals surface area (Å²) in [5.41, 5.74) is 4.94. The Labute approximate surface area is 271 Å². The van der Waals surface area contributed by atoms with Crippen molar-refractivity contribution in [1.82, 2.24) is 19.7 Å². The lowest BCUT2D eigenvalue weighted by atomic mass is 10.2. The van der Waals surface area contributed by atoms with Gasteiger partial charge in [-0.3, -0.25) is 14.2 Å². The number of thioether (sulfide) groups is 2. The van der Waals surface area contributed by atoms with Crippen LogP contribution in [-0.4, -0.2) is 43.1 Å². The topological polar surface area (TPSA) is 102 Å². The Kier molecular flexibility index (Phi) is 9.27. The molecule has 0 spiro atoms. The molecule has 6 rings (SSSR count). The average Bonchev–Trinajstić information content (AvgIpc) is 3.65. The van der Waals surface area contributed by atoms with E-state index >= 15 is 0 Å². The summed E-state index contributed by atoms with van der Waals surface area (Å²) >= 11 is 10.3. The molecule has 0 aliphatic rings. The lowest BCUT2D eigenvalue weighted by molar-refractivity contribution is -0.114. The Morgan fingerprint density at radius 3 is 2.20 bits per heavy atom. The molecule has 2 amide bonds. The zero-order valence-corrected chi connectivity index (χ0v) is 26.6. The number of carbonyl (C=O) groups excluding carboxylic acids is 2. The van der Waals surface area contributed by atoms with E-state index in [4.69, 9.17) is 11.6 Å². The fourth-order valence-corrected chi connectivity index (χ4v) is 7.15. The SMILES string of the molecule is Cc1ccc(NC(=O)CSc2nc3ccc(NC(=O)CSc4nnc(-c5ccccc5)n4-c4ccccc4)cc3s2)cc1Cl. The van der Waals surface area contributed by atoms with Gasteiger partial charge >= 0.3 is 0 Å². The maximum Gasteiger partial charge on any atom is 0.234 e. The predicted octanol–water partition coefficient (Wildman–Crippen LogP) is 7.97. The average molecular weight is 657 g/mol. The highest BCUT2D eigenvalue weighted by atomic mass is 35.5. The van der Waals surface area contributed by atoms with Crippen molar-refractivity contribution in [3.05, 3.63) is 108 Å². The molecule has 44 heavy (non-hydrogen) atoms. The number of hydrogen-bond donors (Lipinski definition) is 2. The summed E-state index contributed by atoms with van der Waals surface area (Å²) in [7, 11) is 0. The molecule has 2 heterocycles. The highest BCUT2D eigenvalue weighted by Crippen LogP contribution is 2.32. The number of aromatic nitrogens is 4. The highest BCUT2D eigenvalue weighted by molar-refractivity contribution is 8.01. The van der Waals surface area contributed by atoms with Crippen LogP contribution in [0.4, 0.5) is 11.4 Å². The summed E-state index contributed by atoms with van der Waals surface area (Å²) in [6, 6.07) is 30.7. The first kappa shape index (κ1) is 29.9. The lowest BCUT2D eigenvalue weighted by Gasteiger charge is -2.10. The second-order valence-corrected chi connectivity index (χ2v) is 13.2. The number of rotatable bonds is 10. The van der Waals surface area contributed by atoms with Crippen LogP contribution < -0.4 is 10.6 Å². The molecule has 220 valence electrons. The van der Waals surface area contributed by atoms with Crippen molar-refractivity contribution >= 4 is 79.9 Å². The van der Waals surface area contributed by atoms with Crippen molar-refractivity contribution in [1.29, 1.82) is 0 Å². The van der Waals surface area contributed by atoms with Gasteiger partial charge in [-0.15, -0.1) is 21.5 Å². The summed E-state index contributed by atoms with van der Waals surface area (Å²) in [6.07, 6.45) is 0. The van der Waals surface area contributed by atoms with E-state index in [9.17, 15) is 9.59 Å². The molecule has 0 aliphatic carbocycles. The van der Waals surface area contributed by atoms with Crippen LogP contribution in [0.3, 0.4) is 0 Å². The summed E-state index contributed by atoms with van der Waals surface area (Å²) in [6.45, 7) is 1.91. The van der Waals surface area contributed by atoms with Crippen LogP contribution in [0.15, 0.2) is 107 Å². The summed E-state index contributed by atoms with van der Waals surface area (Å²) in [5, 5.41) is 15.9. The third-order valence-electron chi connectivity index (χ3n) is 6.45. The molecule has 0 fully saturated rings. The molecule has 12 heteroatoms. The van der Waals surface area contributed by atoms with Gasteiger partial charge in [-0.1, -0.05) is 89.7 Å². The molecule has 0 saturated carbocycles. The van der Waals surface area contributed by atoms with Crippen molar-refractivity contribution in [2.75, 3.05) is 22.1 Å². The number of fused-ring (bicyclic) bond motifs is 1. The number of anilines is 2. The van der Waals surface area contributed by atoms with Crippen LogP contribution in [0.25, 0.3) is 27.3 Å². The Balaban J connectivity index is 1.08. The molecular weight excluding hydrogens is 632 g/mol. The molecule has 4 aromatic carbocycles. The first-order valence-corrected chi connectivity index (χ1v) is 16.7. The number of thiazole rings is 1. The van der Waals surface area contributed by atoms with Gasteiger partial charge in [0.25, 0.3) is 0 Å². The van der Waals surface area contributed by atoms with Gasteiger partial charge in [0.05, 0.1) is 21.7 Å². The van der Waals surface area contributed by atoms with Crippen molar-refractivity contribution in [3.63, 3.8) is 0 Å². The van der Waals surface area contributed by atoms with Crippen LogP contribution in [0.1, 0.15) is 5.56 Å². The molecular formula is C32H25ClN6O2S3. The van der Waals surface area contributed by atoms with E-state index < -0.39 is 0 Å². The zero-order valence-electron chi connectivity index (χ0n) is 23.4. The molecule has 0 aliphatic heterocycles. The summed E-state index contributed by atoms with van der Waals surface area (Å²) < 4.78 is 3.65. The maximum atomic E-state index is 13.0. The van der Waals surface area contributed by atoms with Gasteiger partial charge in [-0.25, -0.2) is 4.98 Å². The van der Waals surface area contributed by atoms with E-state index in [-0.39, 0.29) is 23.3 Å². The number of nitrogens with zero attached hydrogens (tertiary/aromatic N) is 4. The third-order valence-corrected chi connectivity index (χ3v) is 9.94. The number of para-hydroxylation sites is 1. The van der Waals surface area contributed by atoms with Gasteiger partial charge in [0.2, 0.25) is 11.8 Å². The van der Waals surface area contributed by atoms with E-state index in [1.807, 2.05) is 102 Å². The van der Waals surface area contributed by atoms with E-state index in [1.165, 1.54) is 34.9 Å². The Bertz CT molecular complexity index is 1950. The van der Waals surface area contributed by atoms with E-state index in [1.54, 1.807) is 6.07 Å². The van der Waals surface area contributed by atoms with Gasteiger partial charge in [-0.2, -0.15) is 0 Å². The summed E-state index contributed by atoms with van der Waals surface area (Å²) in [5.74, 6) is 0.777. The number of hydrogen-bond acceptors (Lipinski definition) is 8. The lowest BCUT2D eigenvalue weighted by Crippen LogP contribution is -2.14. The van der Waals surface area contributed by atoms with E-state index in [0.717, 1.165) is 31.4 Å². The Hall–Kier alpha value is -4.16. The molecule has 2 aromatic heterocycles. The number of carbonyl (C=O) groups is 2. The minimum atomic E-state index is -0.162. The van der Waals surface area contributed by atoms with E-state index in [0.29, 0.717) is 27.4 Å². The fraction of sp³-hybridized carbons (Fsp3) is 0.0938. The number of amides is 2. The van der Waals surface area contributed by atoms with Crippen LogP contribution >= 0.6 is 46.5 Å². The monoisotopic (exact) mass is 656 g/mol. The molecule has 0 radical (unpaired) electrons. The fourth-order valence-electron chi connectivity index (χ4n) is 4.31. The molecule has 0 unspecified atom stereocenters. The van der Waals surface area contributed by atoms with Crippen LogP contribution in [-0.2, 0) is 9.59 Å². The summed E-state index contributed by atoms with van der Waals surface area (Å²) in [4.78, 5) is 30.0. The standard InChI is InChI=1S/C32H25ClN6O2S3/c1-20-12-13-22(16-25(20)33)34-29(41)19-43-32-36-26-15-14-23(17-27(26)44-32)35-28(40)18-42-31-38-37-30(21-8-4-2-5-9-21)39(31)24-10-6-3-7-11-24/h2-17H,18-19H2,1H3,(H,34,41)(H,35,40). The number of nitrogens with one attached hydrogen (secondary N) is 2. The first-order valence-electron chi connectivity index (χ1n) is 13.5. The smallest absolute Gasteiger partial charge is 0.234 e. The van der Waals surface area contributed by atoms with Crippen molar-refractivity contribution in [2.24, 2.45) is 0 Å². The van der Waals surface area contributed by atoms with Crippen molar-refractivity contribution in [2.45, 2.75) is 16.4 Å². The van der Waals surface area contributed by atoms with Crippen molar-refractivity contribution < 1.29 is 9.59 Å². The minimum Gasteiger partial charge on any atom is -0.325 e. The highest BCUT2D eigenvalue weighted by Gasteiger charge is 2.17. The molecule has 2 N–H and O–H groups in total. The third kappa shape index (κ3) is 7.13. The maximum absolute atomic E-state index is 13.0. The largest absolute Gasteiger partial charge is 0.325 e. The predicted molar refractivity (Wildman–Crippen MR) is 181 cm³/mol. The first-order chi connectivity index (χ1) is 21.4. The van der Waals surface area contributed by atoms with Crippen molar-refractivity contribution in [3.8, 4) is 17.1 Å². The molecule has 6 aromatic rings. The van der Waals surface area contributed by atoms with Gasteiger partial charge < -0.3 is 10.6 Å². The van der Waals surface area contributed by atoms with Crippen LogP contribution in [0, 0.1) is 6.92 Å². The molecule has 8 nitrogen and oxygen atoms in total. The Morgan fingerprint density at radius 2 is 1.48 bits per heavy atom. The van der Waals surface area contributed by atoms with E-state index in [2.05, 4.69) is 25.8 Å². The quantitative estimate of drug-likeness (QED) is 0.144. The second-order valence-electron chi connectivity index (χ2n) is 9.64.